The molecule has 2 atom stereocenters. The van der Waals surface area contributed by atoms with E-state index in [1.54, 1.807) is 0 Å². The van der Waals surface area contributed by atoms with E-state index >= 15 is 0 Å². The molecule has 1 aliphatic rings. The maximum atomic E-state index is 5.52. The van der Waals surface area contributed by atoms with Gasteiger partial charge < -0.3 is 5.73 Å². The molecule has 0 aromatic heterocycles. The molecule has 162 valence electrons. The van der Waals surface area contributed by atoms with Gasteiger partial charge in [0.2, 0.25) is 0 Å². The third-order valence-corrected chi connectivity index (χ3v) is 5.30. The second-order valence-corrected chi connectivity index (χ2v) is 7.99. The van der Waals surface area contributed by atoms with Crippen molar-refractivity contribution in [3.8, 4) is 0 Å². The third-order valence-electron chi connectivity index (χ3n) is 5.30. The first-order valence-corrected chi connectivity index (χ1v) is 11.0. The van der Waals surface area contributed by atoms with Gasteiger partial charge in [-0.1, -0.05) is 76.6 Å². The number of allylic oxidation sites excluding steroid dienone is 4. The maximum absolute atomic E-state index is 5.52. The van der Waals surface area contributed by atoms with Crippen molar-refractivity contribution in [2.24, 2.45) is 16.6 Å². The van der Waals surface area contributed by atoms with Gasteiger partial charge in [0.1, 0.15) is 0 Å². The molecule has 1 saturated carbocycles. The van der Waals surface area contributed by atoms with Gasteiger partial charge in [0.05, 0.1) is 11.9 Å². The number of hydrogen-bond donors (Lipinski definition) is 1. The summed E-state index contributed by atoms with van der Waals surface area (Å²) in [6, 6.07) is 6.90. The van der Waals surface area contributed by atoms with Gasteiger partial charge in [-0.25, -0.2) is 0 Å². The molecular weight excluding hydrogens is 352 g/mol. The van der Waals surface area contributed by atoms with Gasteiger partial charge in [-0.15, -0.1) is 0 Å². The molecule has 29 heavy (non-hydrogen) atoms. The molecule has 2 unspecified atom stereocenters. The Kier molecular flexibility index (Phi) is 13.0. The summed E-state index contributed by atoms with van der Waals surface area (Å²) in [5.74, 6) is 1.58. The second-order valence-electron chi connectivity index (χ2n) is 7.99. The van der Waals surface area contributed by atoms with Gasteiger partial charge in [0.15, 0.2) is 0 Å². The van der Waals surface area contributed by atoms with Gasteiger partial charge in [0, 0.05) is 0 Å². The Morgan fingerprint density at radius 1 is 1.14 bits per heavy atom. The summed E-state index contributed by atoms with van der Waals surface area (Å²) < 4.78 is 0. The number of amidine groups is 1. The van der Waals surface area contributed by atoms with Crippen LogP contribution in [0, 0.1) is 19.8 Å². The summed E-state index contributed by atoms with van der Waals surface area (Å²) in [4.78, 5) is 4.38. The van der Waals surface area contributed by atoms with Crippen molar-refractivity contribution in [1.29, 1.82) is 0 Å². The largest absolute Gasteiger partial charge is 0.388 e. The Morgan fingerprint density at radius 3 is 2.24 bits per heavy atom. The number of nitrogens with zero attached hydrogens (tertiary/aromatic N) is 1. The van der Waals surface area contributed by atoms with Crippen LogP contribution in [0.15, 0.2) is 53.6 Å². The quantitative estimate of drug-likeness (QED) is 0.314. The fraction of sp³-hybridized carbons (Fsp3) is 0.519. The van der Waals surface area contributed by atoms with Gasteiger partial charge in [-0.3, -0.25) is 4.99 Å². The average Bonchev–Trinajstić information content (AvgIpc) is 2.66. The molecule has 1 aromatic rings. The highest BCUT2D eigenvalue weighted by Crippen LogP contribution is 2.29. The number of aryl methyl sites for hydroxylation is 1. The number of nitrogens with two attached hydrogens (primary N) is 1. The molecule has 0 radical (unpaired) electrons. The minimum atomic E-state index is 0.517. The van der Waals surface area contributed by atoms with Crippen molar-refractivity contribution in [3.63, 3.8) is 0 Å². The lowest BCUT2D eigenvalue weighted by molar-refractivity contribution is 0.345. The number of benzene rings is 1. The molecule has 2 N–H and O–H groups in total. The van der Waals surface area contributed by atoms with Crippen molar-refractivity contribution in [2.75, 3.05) is 0 Å². The lowest BCUT2D eigenvalue weighted by Gasteiger charge is -2.23. The minimum Gasteiger partial charge on any atom is -0.388 e. The van der Waals surface area contributed by atoms with Crippen LogP contribution < -0.4 is 5.73 Å². The van der Waals surface area contributed by atoms with Crippen LogP contribution in [0.3, 0.4) is 0 Å². The Balaban J connectivity index is 0.000000526. The molecular formula is C27H44N2. The van der Waals surface area contributed by atoms with Gasteiger partial charge in [-0.2, -0.15) is 0 Å². The number of hydrogen-bond acceptors (Lipinski definition) is 1. The molecule has 1 aromatic carbocycles. The van der Waals surface area contributed by atoms with Crippen LogP contribution in [0.25, 0.3) is 5.57 Å². The molecule has 0 spiro atoms. The molecule has 0 heterocycles. The number of aliphatic imine (C=N–C) groups is 1. The highest BCUT2D eigenvalue weighted by atomic mass is 14.9. The normalized spacial score (nSPS) is 19.7. The second kappa shape index (κ2) is 14.0. The summed E-state index contributed by atoms with van der Waals surface area (Å²) in [6.07, 6.45) is 7.05. The highest BCUT2D eigenvalue weighted by molar-refractivity contribution is 5.83. The fourth-order valence-electron chi connectivity index (χ4n) is 3.71. The van der Waals surface area contributed by atoms with Gasteiger partial charge in [0.25, 0.3) is 0 Å². The fourth-order valence-corrected chi connectivity index (χ4v) is 3.71. The number of rotatable bonds is 4. The summed E-state index contributed by atoms with van der Waals surface area (Å²) >= 11 is 0. The first-order chi connectivity index (χ1) is 13.7. The van der Waals surface area contributed by atoms with Crippen molar-refractivity contribution in [3.05, 3.63) is 65.3 Å². The van der Waals surface area contributed by atoms with Gasteiger partial charge >= 0.3 is 0 Å². The van der Waals surface area contributed by atoms with E-state index in [1.807, 2.05) is 33.8 Å². The minimum absolute atomic E-state index is 0.517. The van der Waals surface area contributed by atoms with Crippen molar-refractivity contribution in [1.82, 2.24) is 0 Å². The Labute approximate surface area is 180 Å². The smallest absolute Gasteiger partial charge is 0.0909 e. The predicted molar refractivity (Wildman–Crippen MR) is 134 cm³/mol. The van der Waals surface area contributed by atoms with E-state index < -0.39 is 0 Å². The van der Waals surface area contributed by atoms with E-state index in [4.69, 9.17) is 5.73 Å². The van der Waals surface area contributed by atoms with E-state index in [2.05, 4.69) is 64.0 Å². The average molecular weight is 397 g/mol. The first-order valence-electron chi connectivity index (χ1n) is 11.0. The van der Waals surface area contributed by atoms with Crippen molar-refractivity contribution in [2.45, 2.75) is 87.1 Å². The van der Waals surface area contributed by atoms with Crippen LogP contribution in [0.5, 0.6) is 0 Å². The van der Waals surface area contributed by atoms with E-state index in [0.29, 0.717) is 6.04 Å². The predicted octanol–water partition coefficient (Wildman–Crippen LogP) is 7.81. The van der Waals surface area contributed by atoms with Crippen LogP contribution in [-0.2, 0) is 0 Å². The third kappa shape index (κ3) is 9.30. The summed E-state index contributed by atoms with van der Waals surface area (Å²) in [6.45, 7) is 24.5. The monoisotopic (exact) mass is 396 g/mol. The van der Waals surface area contributed by atoms with Crippen molar-refractivity contribution >= 4 is 11.4 Å². The van der Waals surface area contributed by atoms with Crippen LogP contribution in [0.2, 0.25) is 0 Å². The zero-order valence-corrected chi connectivity index (χ0v) is 20.2. The Morgan fingerprint density at radius 2 is 1.76 bits per heavy atom. The molecule has 0 saturated heterocycles. The van der Waals surface area contributed by atoms with Crippen molar-refractivity contribution < 1.29 is 0 Å². The van der Waals surface area contributed by atoms with Crippen LogP contribution >= 0.6 is 0 Å². The van der Waals surface area contributed by atoms with Crippen LogP contribution in [0.1, 0.15) is 83.9 Å². The van der Waals surface area contributed by atoms with E-state index in [0.717, 1.165) is 17.3 Å². The molecule has 0 amide bonds. The highest BCUT2D eigenvalue weighted by Gasteiger charge is 2.17. The van der Waals surface area contributed by atoms with Gasteiger partial charge in [-0.05, 0) is 81.2 Å². The van der Waals surface area contributed by atoms with E-state index in [1.165, 1.54) is 53.5 Å². The zero-order chi connectivity index (χ0) is 22.6. The molecule has 1 fully saturated rings. The SMILES string of the molecule is C=C/C(C)=C(/C(=C)C)c1cccc(C)c1C.CC.CC(N)=NC1CCCC(C)C1. The maximum Gasteiger partial charge on any atom is 0.0909 e. The topological polar surface area (TPSA) is 38.4 Å². The first kappa shape index (κ1) is 26.9. The molecule has 2 heteroatoms. The summed E-state index contributed by atoms with van der Waals surface area (Å²) in [7, 11) is 0. The van der Waals surface area contributed by atoms with E-state index in [9.17, 15) is 0 Å². The molecule has 2 rings (SSSR count). The lowest BCUT2D eigenvalue weighted by Crippen LogP contribution is -2.19. The summed E-state index contributed by atoms with van der Waals surface area (Å²) in [5, 5.41) is 0. The van der Waals surface area contributed by atoms with Crippen LogP contribution in [0.4, 0.5) is 0 Å². The Bertz CT molecular complexity index is 718. The molecule has 0 bridgehead atoms. The van der Waals surface area contributed by atoms with E-state index in [-0.39, 0.29) is 0 Å². The molecule has 1 aliphatic carbocycles. The summed E-state index contributed by atoms with van der Waals surface area (Å²) in [5.41, 5.74) is 12.9. The van der Waals surface area contributed by atoms with Crippen LogP contribution in [-0.4, -0.2) is 11.9 Å². The molecule has 2 nitrogen and oxygen atoms in total. The zero-order valence-electron chi connectivity index (χ0n) is 20.2. The lowest BCUT2D eigenvalue weighted by atomic mass is 9.87. The molecule has 0 aliphatic heterocycles. The Hall–Kier alpha value is -2.09. The standard InChI is InChI=1S/C16H20.C9H18N2.C2H6/c1-7-12(4)16(11(2)3)15-10-8-9-13(5)14(15)6;1-7-4-3-5-9(6-7)11-8(2)10;1-2/h7-10H,1-2H2,3-6H3;7,9H,3-6H2,1-2H3,(H2,10,11);1-2H3/b16-12-;;.